The van der Waals surface area contributed by atoms with Gasteiger partial charge in [0.15, 0.2) is 0 Å². The fourth-order valence-electron chi connectivity index (χ4n) is 2.52. The minimum Gasteiger partial charge on any atom is -0.472 e. The van der Waals surface area contributed by atoms with Gasteiger partial charge in [0.25, 0.3) is 0 Å². The average Bonchev–Trinajstić information content (AvgIpc) is 3.08. The van der Waals surface area contributed by atoms with Gasteiger partial charge in [0.05, 0.1) is 41.3 Å². The highest BCUT2D eigenvalue weighted by molar-refractivity contribution is 5.64. The molecule has 0 aliphatic carbocycles. The maximum atomic E-state index is 9.41. The molecule has 0 aromatic carbocycles. The monoisotopic (exact) mass is 270 g/mol. The van der Waals surface area contributed by atoms with E-state index >= 15 is 0 Å². The number of nitriles is 1. The summed E-state index contributed by atoms with van der Waals surface area (Å²) in [4.78, 5) is 0. The second-order valence-electron chi connectivity index (χ2n) is 4.68. The van der Waals surface area contributed by atoms with Crippen molar-refractivity contribution in [2.75, 3.05) is 5.32 Å². The smallest absolute Gasteiger partial charge is 0.234 e. The van der Waals surface area contributed by atoms with Crippen molar-refractivity contribution < 1.29 is 8.94 Å². The summed E-state index contributed by atoms with van der Waals surface area (Å²) in [5, 5.41) is 16.4. The molecule has 0 saturated heterocycles. The van der Waals surface area contributed by atoms with E-state index in [1.165, 1.54) is 0 Å². The summed E-state index contributed by atoms with van der Waals surface area (Å²) < 4.78 is 10.5. The summed E-state index contributed by atoms with van der Waals surface area (Å²) in [6.07, 6.45) is 4.92. The Labute approximate surface area is 115 Å². The summed E-state index contributed by atoms with van der Waals surface area (Å²) in [5.41, 5.74) is 8.96. The lowest BCUT2D eigenvalue weighted by molar-refractivity contribution is 0.424. The number of allylic oxidation sites excluding steroid dienone is 1. The van der Waals surface area contributed by atoms with Crippen molar-refractivity contribution in [3.05, 3.63) is 46.8 Å². The van der Waals surface area contributed by atoms with Crippen LogP contribution in [0.25, 0.3) is 0 Å². The number of nitrogens with two attached hydrogens (primary N) is 1. The summed E-state index contributed by atoms with van der Waals surface area (Å²) >= 11 is 0. The van der Waals surface area contributed by atoms with Crippen LogP contribution in [0.15, 0.2) is 38.9 Å². The van der Waals surface area contributed by atoms with Crippen LogP contribution >= 0.6 is 0 Å². The number of fused-ring (bicyclic) bond motifs is 1. The molecule has 0 saturated carbocycles. The quantitative estimate of drug-likeness (QED) is 0.888. The lowest BCUT2D eigenvalue weighted by Gasteiger charge is -2.22. The first-order chi connectivity index (χ1) is 9.76. The van der Waals surface area contributed by atoms with E-state index < -0.39 is 0 Å². The molecule has 1 aliphatic rings. The van der Waals surface area contributed by atoms with Gasteiger partial charge in [-0.15, -0.1) is 0 Å². The summed E-state index contributed by atoms with van der Waals surface area (Å²) in [6.45, 7) is 2.07. The topological polar surface area (TPSA) is 101 Å². The molecule has 0 spiro atoms. The Morgan fingerprint density at radius 1 is 1.55 bits per heavy atom. The van der Waals surface area contributed by atoms with Gasteiger partial charge in [0, 0.05) is 5.56 Å². The standard InChI is InChI=1S/C14H14N4O2/c1-2-3-10-12-11(8-4-5-19-7-8)9(6-15)13(16)17-14(12)20-18-10/h4-5,7,11,17H,2-3,16H2,1H3/t11-/m1/s1. The van der Waals surface area contributed by atoms with E-state index in [1.807, 2.05) is 6.07 Å². The minimum atomic E-state index is -0.289. The molecule has 6 nitrogen and oxygen atoms in total. The third-order valence-corrected chi connectivity index (χ3v) is 3.40. The van der Waals surface area contributed by atoms with Crippen LogP contribution in [0.2, 0.25) is 0 Å². The van der Waals surface area contributed by atoms with Gasteiger partial charge < -0.3 is 20.0 Å². The zero-order valence-electron chi connectivity index (χ0n) is 11.0. The van der Waals surface area contributed by atoms with Crippen LogP contribution in [0.3, 0.4) is 0 Å². The minimum absolute atomic E-state index is 0.289. The summed E-state index contributed by atoms with van der Waals surface area (Å²) in [6, 6.07) is 4.00. The molecule has 2 aromatic heterocycles. The molecule has 0 fully saturated rings. The number of aryl methyl sites for hydroxylation is 1. The van der Waals surface area contributed by atoms with Gasteiger partial charge in [-0.05, 0) is 12.5 Å². The van der Waals surface area contributed by atoms with Gasteiger partial charge in [0.2, 0.25) is 5.88 Å². The van der Waals surface area contributed by atoms with Crippen molar-refractivity contribution >= 4 is 5.88 Å². The number of nitrogens with one attached hydrogen (secondary N) is 1. The summed E-state index contributed by atoms with van der Waals surface area (Å²) in [7, 11) is 0. The fraction of sp³-hybridized carbons (Fsp3) is 0.286. The lowest BCUT2D eigenvalue weighted by Crippen LogP contribution is -2.22. The summed E-state index contributed by atoms with van der Waals surface area (Å²) in [5.74, 6) is 0.518. The second kappa shape index (κ2) is 4.78. The van der Waals surface area contributed by atoms with Gasteiger partial charge in [-0.2, -0.15) is 5.26 Å². The van der Waals surface area contributed by atoms with E-state index in [4.69, 9.17) is 14.7 Å². The second-order valence-corrected chi connectivity index (χ2v) is 4.68. The van der Waals surface area contributed by atoms with Crippen molar-refractivity contribution in [2.24, 2.45) is 5.73 Å². The number of anilines is 1. The van der Waals surface area contributed by atoms with E-state index in [-0.39, 0.29) is 5.92 Å². The number of hydrogen-bond donors (Lipinski definition) is 2. The Hall–Kier alpha value is -2.68. The predicted octanol–water partition coefficient (Wildman–Crippen LogP) is 2.47. The highest BCUT2D eigenvalue weighted by Crippen LogP contribution is 2.42. The van der Waals surface area contributed by atoms with Crippen LogP contribution in [0.4, 0.5) is 5.88 Å². The molecule has 2 aromatic rings. The Kier molecular flexibility index (Phi) is 2.95. The first-order valence-corrected chi connectivity index (χ1v) is 6.43. The molecule has 6 heteroatoms. The maximum absolute atomic E-state index is 9.41. The lowest BCUT2D eigenvalue weighted by atomic mass is 9.84. The van der Waals surface area contributed by atoms with Crippen LogP contribution in [-0.2, 0) is 6.42 Å². The molecule has 1 aliphatic heterocycles. The van der Waals surface area contributed by atoms with Crippen LogP contribution in [0, 0.1) is 11.3 Å². The molecular weight excluding hydrogens is 256 g/mol. The van der Waals surface area contributed by atoms with E-state index in [2.05, 4.69) is 23.5 Å². The van der Waals surface area contributed by atoms with Crippen LogP contribution in [0.5, 0.6) is 0 Å². The highest BCUT2D eigenvalue weighted by atomic mass is 16.5. The Morgan fingerprint density at radius 2 is 2.40 bits per heavy atom. The molecule has 1 atom stereocenters. The third kappa shape index (κ3) is 1.75. The van der Waals surface area contributed by atoms with Crippen molar-refractivity contribution in [2.45, 2.75) is 25.7 Å². The van der Waals surface area contributed by atoms with E-state index in [1.54, 1.807) is 12.5 Å². The highest BCUT2D eigenvalue weighted by Gasteiger charge is 2.35. The normalized spacial score (nSPS) is 17.5. The van der Waals surface area contributed by atoms with Crippen LogP contribution < -0.4 is 11.1 Å². The molecule has 102 valence electrons. The third-order valence-electron chi connectivity index (χ3n) is 3.40. The largest absolute Gasteiger partial charge is 0.472 e. The van der Waals surface area contributed by atoms with Crippen LogP contribution in [0.1, 0.15) is 36.1 Å². The first-order valence-electron chi connectivity index (χ1n) is 6.43. The molecule has 0 amide bonds. The fourth-order valence-corrected chi connectivity index (χ4v) is 2.52. The molecule has 0 unspecified atom stereocenters. The zero-order valence-corrected chi connectivity index (χ0v) is 11.0. The molecule has 20 heavy (non-hydrogen) atoms. The van der Waals surface area contributed by atoms with E-state index in [9.17, 15) is 5.26 Å². The number of hydrogen-bond acceptors (Lipinski definition) is 6. The predicted molar refractivity (Wildman–Crippen MR) is 71.5 cm³/mol. The Morgan fingerprint density at radius 3 is 3.05 bits per heavy atom. The van der Waals surface area contributed by atoms with Crippen molar-refractivity contribution in [3.63, 3.8) is 0 Å². The SMILES string of the molecule is CCCc1noc2c1[C@H](c1ccoc1)C(C#N)=C(N)N2. The number of nitrogens with zero attached hydrogens (tertiary/aromatic N) is 2. The maximum Gasteiger partial charge on any atom is 0.234 e. The number of furan rings is 1. The molecular formula is C14H14N4O2. The molecule has 3 rings (SSSR count). The van der Waals surface area contributed by atoms with Crippen molar-refractivity contribution in [1.29, 1.82) is 5.26 Å². The van der Waals surface area contributed by atoms with Gasteiger partial charge in [-0.25, -0.2) is 0 Å². The van der Waals surface area contributed by atoms with Crippen molar-refractivity contribution in [1.82, 2.24) is 5.16 Å². The Bertz CT molecular complexity index is 691. The van der Waals surface area contributed by atoms with Gasteiger partial charge >= 0.3 is 0 Å². The zero-order chi connectivity index (χ0) is 14.1. The molecule has 3 N–H and O–H groups in total. The van der Waals surface area contributed by atoms with E-state index in [0.29, 0.717) is 17.3 Å². The first kappa shape index (κ1) is 12.4. The Balaban J connectivity index is 2.19. The van der Waals surface area contributed by atoms with Gasteiger partial charge in [0.1, 0.15) is 5.82 Å². The molecule has 0 radical (unpaired) electrons. The van der Waals surface area contributed by atoms with Crippen molar-refractivity contribution in [3.8, 4) is 6.07 Å². The number of aromatic nitrogens is 1. The molecule has 0 bridgehead atoms. The molecule has 3 heterocycles. The van der Waals surface area contributed by atoms with E-state index in [0.717, 1.165) is 29.7 Å². The van der Waals surface area contributed by atoms with Gasteiger partial charge in [-0.3, -0.25) is 0 Å². The van der Waals surface area contributed by atoms with Crippen LogP contribution in [-0.4, -0.2) is 5.16 Å². The number of rotatable bonds is 3. The van der Waals surface area contributed by atoms with Gasteiger partial charge in [-0.1, -0.05) is 18.5 Å². The average molecular weight is 270 g/mol.